The molecule has 0 fully saturated rings. The molecule has 0 saturated carbocycles. The lowest BCUT2D eigenvalue weighted by atomic mass is 10.0. The molecule has 0 radical (unpaired) electrons. The molecule has 0 bridgehead atoms. The number of aryl methyl sites for hydroxylation is 3. The lowest BCUT2D eigenvalue weighted by molar-refractivity contribution is -0.145. The summed E-state index contributed by atoms with van der Waals surface area (Å²) in [5.74, 6) is -0.339. The van der Waals surface area contributed by atoms with Gasteiger partial charge in [0.15, 0.2) is 6.10 Å². The maximum Gasteiger partial charge on any atom is 0.345 e. The number of unbranched alkanes of at least 4 members (excludes halogenated alkanes) is 1. The van der Waals surface area contributed by atoms with Gasteiger partial charge in [-0.2, -0.15) is 0 Å². The van der Waals surface area contributed by atoms with Crippen LogP contribution in [0.25, 0.3) is 0 Å². The molecule has 1 atom stereocenters. The fraction of sp³-hybridized carbons (Fsp3) is 0.381. The van der Waals surface area contributed by atoms with Crippen LogP contribution in [0.3, 0.4) is 0 Å². The van der Waals surface area contributed by atoms with Gasteiger partial charge in [-0.25, -0.2) is 4.79 Å². The zero-order valence-electron chi connectivity index (χ0n) is 14.7. The Kier molecular flexibility index (Phi) is 6.42. The number of carboxylic acid groups (broad SMARTS) is 1. The first-order valence-electron chi connectivity index (χ1n) is 8.54. The van der Waals surface area contributed by atoms with Gasteiger partial charge in [0.25, 0.3) is 0 Å². The second kappa shape index (κ2) is 8.53. The van der Waals surface area contributed by atoms with Gasteiger partial charge in [0, 0.05) is 6.42 Å². The topological polar surface area (TPSA) is 46.5 Å². The van der Waals surface area contributed by atoms with Crippen molar-refractivity contribution in [3.8, 4) is 5.75 Å². The van der Waals surface area contributed by atoms with E-state index in [0.717, 1.165) is 23.1 Å². The summed E-state index contributed by atoms with van der Waals surface area (Å²) in [5.41, 5.74) is 4.53. The molecule has 0 unspecified atom stereocenters. The average molecular weight is 326 g/mol. The molecule has 2 aromatic carbocycles. The number of carboxylic acids is 1. The fourth-order valence-electron chi connectivity index (χ4n) is 2.57. The first kappa shape index (κ1) is 18.1. The van der Waals surface area contributed by atoms with Gasteiger partial charge in [-0.15, -0.1) is 0 Å². The second-order valence-corrected chi connectivity index (χ2v) is 6.31. The fourth-order valence-corrected chi connectivity index (χ4v) is 2.57. The van der Waals surface area contributed by atoms with Crippen molar-refractivity contribution >= 4 is 5.97 Å². The Morgan fingerprint density at radius 1 is 1.04 bits per heavy atom. The van der Waals surface area contributed by atoms with E-state index in [9.17, 15) is 9.90 Å². The van der Waals surface area contributed by atoms with E-state index in [-0.39, 0.29) is 0 Å². The first-order valence-corrected chi connectivity index (χ1v) is 8.54. The Bertz CT molecular complexity index is 674. The van der Waals surface area contributed by atoms with Crippen molar-refractivity contribution in [2.75, 3.05) is 0 Å². The number of aliphatic carboxylic acids is 1. The Morgan fingerprint density at radius 2 is 1.71 bits per heavy atom. The highest BCUT2D eigenvalue weighted by molar-refractivity contribution is 5.73. The summed E-state index contributed by atoms with van der Waals surface area (Å²) in [6, 6.07) is 13.8. The van der Waals surface area contributed by atoms with Crippen molar-refractivity contribution in [1.29, 1.82) is 0 Å². The lowest BCUT2D eigenvalue weighted by Gasteiger charge is -2.16. The summed E-state index contributed by atoms with van der Waals surface area (Å²) in [6.45, 7) is 6.19. The summed E-state index contributed by atoms with van der Waals surface area (Å²) in [4.78, 5) is 11.5. The van der Waals surface area contributed by atoms with Gasteiger partial charge in [0.1, 0.15) is 5.75 Å². The SMILES string of the molecule is CCCCc1ccc(C[C@@H](Oc2ccc(C)c(C)c2)C(=O)O)cc1. The van der Waals surface area contributed by atoms with Crippen molar-refractivity contribution in [3.05, 3.63) is 64.7 Å². The summed E-state index contributed by atoms with van der Waals surface area (Å²) in [6.07, 6.45) is 2.89. The molecule has 1 N–H and O–H groups in total. The third-order valence-electron chi connectivity index (χ3n) is 4.30. The highest BCUT2D eigenvalue weighted by Crippen LogP contribution is 2.19. The maximum absolute atomic E-state index is 11.5. The minimum atomic E-state index is -0.941. The molecule has 0 heterocycles. The van der Waals surface area contributed by atoms with E-state index in [1.807, 2.05) is 44.2 Å². The first-order chi connectivity index (χ1) is 11.5. The Labute approximate surface area is 144 Å². The van der Waals surface area contributed by atoms with Crippen molar-refractivity contribution in [1.82, 2.24) is 0 Å². The average Bonchev–Trinajstić information content (AvgIpc) is 2.56. The van der Waals surface area contributed by atoms with Crippen LogP contribution in [-0.2, 0) is 17.6 Å². The molecule has 0 aliphatic rings. The van der Waals surface area contributed by atoms with Crippen LogP contribution in [0.4, 0.5) is 0 Å². The van der Waals surface area contributed by atoms with Crippen molar-refractivity contribution in [3.63, 3.8) is 0 Å². The number of hydrogen-bond acceptors (Lipinski definition) is 2. The molecule has 0 aliphatic heterocycles. The van der Waals surface area contributed by atoms with Gasteiger partial charge >= 0.3 is 5.97 Å². The molecule has 2 rings (SSSR count). The van der Waals surface area contributed by atoms with E-state index >= 15 is 0 Å². The summed E-state index contributed by atoms with van der Waals surface area (Å²) >= 11 is 0. The molecule has 128 valence electrons. The van der Waals surface area contributed by atoms with Crippen LogP contribution >= 0.6 is 0 Å². The monoisotopic (exact) mass is 326 g/mol. The molecule has 2 aromatic rings. The number of benzene rings is 2. The molecule has 0 amide bonds. The van der Waals surface area contributed by atoms with Crippen LogP contribution in [0, 0.1) is 13.8 Å². The number of hydrogen-bond donors (Lipinski definition) is 1. The van der Waals surface area contributed by atoms with E-state index in [0.29, 0.717) is 12.2 Å². The Balaban J connectivity index is 2.05. The van der Waals surface area contributed by atoms with Gasteiger partial charge in [0.05, 0.1) is 0 Å². The van der Waals surface area contributed by atoms with Gasteiger partial charge in [-0.3, -0.25) is 0 Å². The van der Waals surface area contributed by atoms with Crippen LogP contribution in [0.2, 0.25) is 0 Å². The third-order valence-corrected chi connectivity index (χ3v) is 4.30. The Hall–Kier alpha value is -2.29. The van der Waals surface area contributed by atoms with E-state index in [1.165, 1.54) is 18.4 Å². The third kappa shape index (κ3) is 5.12. The minimum Gasteiger partial charge on any atom is -0.478 e. The summed E-state index contributed by atoms with van der Waals surface area (Å²) in [7, 11) is 0. The normalized spacial score (nSPS) is 12.0. The van der Waals surface area contributed by atoms with Crippen LogP contribution < -0.4 is 4.74 Å². The van der Waals surface area contributed by atoms with Crippen LogP contribution in [-0.4, -0.2) is 17.2 Å². The van der Waals surface area contributed by atoms with Crippen LogP contribution in [0.5, 0.6) is 5.75 Å². The van der Waals surface area contributed by atoms with Crippen molar-refractivity contribution in [2.24, 2.45) is 0 Å². The molecule has 3 nitrogen and oxygen atoms in total. The summed E-state index contributed by atoms with van der Waals surface area (Å²) < 4.78 is 5.71. The molecular formula is C21H26O3. The van der Waals surface area contributed by atoms with E-state index < -0.39 is 12.1 Å². The maximum atomic E-state index is 11.5. The predicted molar refractivity (Wildman–Crippen MR) is 96.7 cm³/mol. The minimum absolute atomic E-state index is 0.357. The van der Waals surface area contributed by atoms with E-state index in [2.05, 4.69) is 19.1 Å². The quantitative estimate of drug-likeness (QED) is 0.763. The standard InChI is InChI=1S/C21H26O3/c1-4-5-6-17-8-10-18(11-9-17)14-20(21(22)23)24-19-12-7-15(2)16(3)13-19/h7-13,20H,4-6,14H2,1-3H3,(H,22,23)/t20-/m1/s1. The number of rotatable bonds is 8. The molecular weight excluding hydrogens is 300 g/mol. The second-order valence-electron chi connectivity index (χ2n) is 6.31. The summed E-state index contributed by atoms with van der Waals surface area (Å²) in [5, 5.41) is 9.47. The van der Waals surface area contributed by atoms with Gasteiger partial charge in [-0.05, 0) is 61.1 Å². The van der Waals surface area contributed by atoms with E-state index in [1.54, 1.807) is 0 Å². The van der Waals surface area contributed by atoms with Crippen molar-refractivity contribution < 1.29 is 14.6 Å². The predicted octanol–water partition coefficient (Wildman–Crippen LogP) is 4.72. The largest absolute Gasteiger partial charge is 0.478 e. The molecule has 0 aromatic heterocycles. The molecule has 0 spiro atoms. The molecule has 0 saturated heterocycles. The van der Waals surface area contributed by atoms with Gasteiger partial charge in [-0.1, -0.05) is 43.7 Å². The lowest BCUT2D eigenvalue weighted by Crippen LogP contribution is -2.29. The number of ether oxygens (including phenoxy) is 1. The highest BCUT2D eigenvalue weighted by atomic mass is 16.5. The van der Waals surface area contributed by atoms with Crippen LogP contribution in [0.1, 0.15) is 42.0 Å². The van der Waals surface area contributed by atoms with Crippen LogP contribution in [0.15, 0.2) is 42.5 Å². The van der Waals surface area contributed by atoms with E-state index in [4.69, 9.17) is 4.74 Å². The molecule has 3 heteroatoms. The number of carbonyl (C=O) groups is 1. The Morgan fingerprint density at radius 3 is 2.29 bits per heavy atom. The zero-order valence-corrected chi connectivity index (χ0v) is 14.7. The van der Waals surface area contributed by atoms with Gasteiger partial charge < -0.3 is 9.84 Å². The smallest absolute Gasteiger partial charge is 0.345 e. The van der Waals surface area contributed by atoms with Gasteiger partial charge in [0.2, 0.25) is 0 Å². The van der Waals surface area contributed by atoms with Crippen molar-refractivity contribution in [2.45, 2.75) is 52.6 Å². The molecule has 24 heavy (non-hydrogen) atoms. The highest BCUT2D eigenvalue weighted by Gasteiger charge is 2.20. The zero-order chi connectivity index (χ0) is 17.5. The molecule has 0 aliphatic carbocycles.